The lowest BCUT2D eigenvalue weighted by Crippen LogP contribution is -2.46. The first kappa shape index (κ1) is 20.4. The fourth-order valence-electron chi connectivity index (χ4n) is 2.47. The predicted octanol–water partition coefficient (Wildman–Crippen LogP) is 3.28. The highest BCUT2D eigenvalue weighted by Crippen LogP contribution is 2.15. The molecule has 2 aromatic carbocycles. The van der Waals surface area contributed by atoms with Crippen molar-refractivity contribution in [2.75, 3.05) is 11.5 Å². The van der Waals surface area contributed by atoms with Crippen molar-refractivity contribution in [2.24, 2.45) is 5.92 Å². The third-order valence-corrected chi connectivity index (χ3v) is 5.47. The van der Waals surface area contributed by atoms with Crippen molar-refractivity contribution >= 4 is 36.3 Å². The summed E-state index contributed by atoms with van der Waals surface area (Å²) in [6.07, 6.45) is 0.541. The van der Waals surface area contributed by atoms with Crippen LogP contribution in [0.2, 0.25) is 0 Å². The second-order valence-corrected chi connectivity index (χ2v) is 7.36. The predicted molar refractivity (Wildman–Crippen MR) is 110 cm³/mol. The maximum atomic E-state index is 12.5. The van der Waals surface area contributed by atoms with Crippen molar-refractivity contribution in [3.05, 3.63) is 71.8 Å². The van der Waals surface area contributed by atoms with Crippen LogP contribution in [0.5, 0.6) is 0 Å². The number of aliphatic carboxylic acids is 1. The number of carbonyl (C=O) groups excluding carboxylic acids is 1. The number of carbonyl (C=O) groups is 2. The van der Waals surface area contributed by atoms with E-state index in [0.29, 0.717) is 23.7 Å². The molecule has 0 spiro atoms. The topological polar surface area (TPSA) is 66.4 Å². The van der Waals surface area contributed by atoms with Crippen LogP contribution in [0.3, 0.4) is 0 Å². The summed E-state index contributed by atoms with van der Waals surface area (Å²) >= 11 is 5.76. The Morgan fingerprint density at radius 3 is 2.12 bits per heavy atom. The van der Waals surface area contributed by atoms with Gasteiger partial charge < -0.3 is 10.4 Å². The molecule has 0 aliphatic carbocycles. The molecule has 2 N–H and O–H groups in total. The lowest BCUT2D eigenvalue weighted by Gasteiger charge is -2.19. The molecule has 138 valence electrons. The minimum atomic E-state index is -1.02. The highest BCUT2D eigenvalue weighted by molar-refractivity contribution is 7.98. The molecule has 6 heteroatoms. The van der Waals surface area contributed by atoms with Crippen LogP contribution in [0.4, 0.5) is 0 Å². The van der Waals surface area contributed by atoms with Gasteiger partial charge in [-0.1, -0.05) is 60.7 Å². The summed E-state index contributed by atoms with van der Waals surface area (Å²) in [6, 6.07) is 18.6. The molecule has 0 heterocycles. The van der Waals surface area contributed by atoms with E-state index in [9.17, 15) is 14.7 Å². The first-order valence-electron chi connectivity index (χ1n) is 8.39. The number of nitrogens with one attached hydrogen (secondary N) is 1. The Bertz CT molecular complexity index is 695. The van der Waals surface area contributed by atoms with E-state index in [0.717, 1.165) is 11.1 Å². The van der Waals surface area contributed by atoms with Crippen LogP contribution in [-0.2, 0) is 21.8 Å². The highest BCUT2D eigenvalue weighted by Gasteiger charge is 2.24. The molecule has 0 bridgehead atoms. The molecule has 2 rings (SSSR count). The van der Waals surface area contributed by atoms with E-state index in [2.05, 4.69) is 17.9 Å². The normalized spacial score (nSPS) is 13.0. The number of hydrogen-bond acceptors (Lipinski definition) is 4. The summed E-state index contributed by atoms with van der Waals surface area (Å²) in [5.41, 5.74) is 2.16. The van der Waals surface area contributed by atoms with Gasteiger partial charge in [0.05, 0.1) is 5.92 Å². The number of rotatable bonds is 10. The number of hydrogen-bond donors (Lipinski definition) is 3. The van der Waals surface area contributed by atoms with Crippen molar-refractivity contribution in [3.63, 3.8) is 0 Å². The molecule has 0 saturated carbocycles. The molecule has 0 aliphatic rings. The molecule has 2 aromatic rings. The van der Waals surface area contributed by atoms with Crippen LogP contribution in [0.1, 0.15) is 11.1 Å². The molecular formula is C20H23NO3S2. The van der Waals surface area contributed by atoms with Gasteiger partial charge in [-0.05, 0) is 17.5 Å². The lowest BCUT2D eigenvalue weighted by molar-refractivity contribution is -0.141. The van der Waals surface area contributed by atoms with Crippen LogP contribution in [0.25, 0.3) is 0 Å². The Kier molecular flexibility index (Phi) is 8.58. The number of carboxylic acids is 1. The molecule has 4 nitrogen and oxygen atoms in total. The summed E-state index contributed by atoms with van der Waals surface area (Å²) in [7, 11) is 0. The molecule has 2 atom stereocenters. The maximum absolute atomic E-state index is 12.5. The molecule has 0 aliphatic heterocycles. The Morgan fingerprint density at radius 1 is 1.00 bits per heavy atom. The fraction of sp³-hybridized carbons (Fsp3) is 0.300. The zero-order chi connectivity index (χ0) is 18.8. The smallest absolute Gasteiger partial charge is 0.327 e. The molecule has 1 unspecified atom stereocenters. The monoisotopic (exact) mass is 389 g/mol. The highest BCUT2D eigenvalue weighted by atomic mass is 32.2. The molecule has 0 aromatic heterocycles. The standard InChI is InChI=1S/C20H23NO3S2/c22-19(17(12-25)11-15-7-3-1-4-8-15)21-18(20(23)24)14-26-13-16-9-5-2-6-10-16/h1-10,17-18,25H,11-14H2,(H,21,22)(H,23,24)/t17?,18-/m0/s1. The number of thioether (sulfide) groups is 1. The van der Waals surface area contributed by atoms with Crippen LogP contribution in [0.15, 0.2) is 60.7 Å². The third kappa shape index (κ3) is 6.77. The van der Waals surface area contributed by atoms with Gasteiger partial charge in [0.25, 0.3) is 0 Å². The van der Waals surface area contributed by atoms with E-state index in [1.54, 1.807) is 0 Å². The molecule has 1 amide bonds. The van der Waals surface area contributed by atoms with Gasteiger partial charge >= 0.3 is 5.97 Å². The van der Waals surface area contributed by atoms with Crippen LogP contribution in [0, 0.1) is 5.92 Å². The second kappa shape index (κ2) is 10.9. The van der Waals surface area contributed by atoms with E-state index >= 15 is 0 Å². The molecular weight excluding hydrogens is 366 g/mol. The SMILES string of the molecule is O=C(N[C@@H](CSCc1ccccc1)C(=O)O)C(CS)Cc1ccccc1. The van der Waals surface area contributed by atoms with E-state index < -0.39 is 12.0 Å². The number of carboxylic acid groups (broad SMARTS) is 1. The van der Waals surface area contributed by atoms with Gasteiger partial charge in [-0.3, -0.25) is 4.79 Å². The van der Waals surface area contributed by atoms with Gasteiger partial charge in [0.15, 0.2) is 0 Å². The molecule has 0 radical (unpaired) electrons. The molecule has 0 saturated heterocycles. The molecule has 0 fully saturated rings. The Morgan fingerprint density at radius 2 is 1.58 bits per heavy atom. The summed E-state index contributed by atoms with van der Waals surface area (Å²) < 4.78 is 0. The Balaban J connectivity index is 1.88. The van der Waals surface area contributed by atoms with Gasteiger partial charge in [-0.2, -0.15) is 24.4 Å². The zero-order valence-corrected chi connectivity index (χ0v) is 16.1. The summed E-state index contributed by atoms with van der Waals surface area (Å²) in [6.45, 7) is 0. The van der Waals surface area contributed by atoms with Crippen molar-refractivity contribution in [2.45, 2.75) is 18.2 Å². The third-order valence-electron chi connectivity index (χ3n) is 3.93. The van der Waals surface area contributed by atoms with Crippen LogP contribution < -0.4 is 5.32 Å². The van der Waals surface area contributed by atoms with Crippen LogP contribution in [-0.4, -0.2) is 34.5 Å². The number of thiol groups is 1. The Hall–Kier alpha value is -1.92. The summed E-state index contributed by atoms with van der Waals surface area (Å²) in [5.74, 6) is -0.250. The minimum Gasteiger partial charge on any atom is -0.480 e. The van der Waals surface area contributed by atoms with Gasteiger partial charge in [-0.15, -0.1) is 0 Å². The lowest BCUT2D eigenvalue weighted by atomic mass is 10.00. The van der Waals surface area contributed by atoms with E-state index in [1.165, 1.54) is 11.8 Å². The second-order valence-electron chi connectivity index (χ2n) is 5.97. The van der Waals surface area contributed by atoms with E-state index in [4.69, 9.17) is 0 Å². The molecule has 26 heavy (non-hydrogen) atoms. The quantitative estimate of drug-likeness (QED) is 0.546. The Labute approximate surface area is 163 Å². The fourth-order valence-corrected chi connectivity index (χ4v) is 3.77. The van der Waals surface area contributed by atoms with Crippen molar-refractivity contribution < 1.29 is 14.7 Å². The summed E-state index contributed by atoms with van der Waals surface area (Å²) in [4.78, 5) is 24.0. The van der Waals surface area contributed by atoms with Crippen molar-refractivity contribution in [1.82, 2.24) is 5.32 Å². The first-order valence-corrected chi connectivity index (χ1v) is 10.2. The number of amides is 1. The van der Waals surface area contributed by atoms with Gasteiger partial charge in [0.2, 0.25) is 5.91 Å². The van der Waals surface area contributed by atoms with E-state index in [1.807, 2.05) is 60.7 Å². The van der Waals surface area contributed by atoms with E-state index in [-0.39, 0.29) is 11.8 Å². The average molecular weight is 390 g/mol. The number of benzene rings is 2. The van der Waals surface area contributed by atoms with Crippen molar-refractivity contribution in [1.29, 1.82) is 0 Å². The van der Waals surface area contributed by atoms with Crippen LogP contribution >= 0.6 is 24.4 Å². The van der Waals surface area contributed by atoms with Crippen molar-refractivity contribution in [3.8, 4) is 0 Å². The average Bonchev–Trinajstić information content (AvgIpc) is 2.66. The first-order chi connectivity index (χ1) is 12.6. The van der Waals surface area contributed by atoms with Gasteiger partial charge in [0.1, 0.15) is 6.04 Å². The largest absolute Gasteiger partial charge is 0.480 e. The van der Waals surface area contributed by atoms with Gasteiger partial charge in [-0.25, -0.2) is 4.79 Å². The zero-order valence-electron chi connectivity index (χ0n) is 14.4. The maximum Gasteiger partial charge on any atom is 0.327 e. The minimum absolute atomic E-state index is 0.267. The van der Waals surface area contributed by atoms with Gasteiger partial charge in [0, 0.05) is 17.3 Å². The summed E-state index contributed by atoms with van der Waals surface area (Å²) in [5, 5.41) is 12.1.